The van der Waals surface area contributed by atoms with Gasteiger partial charge in [-0.3, -0.25) is 0 Å². The minimum atomic E-state index is -0.521. The zero-order chi connectivity index (χ0) is 15.5. The molecule has 0 aliphatic heterocycles. The van der Waals surface area contributed by atoms with Gasteiger partial charge in [0.1, 0.15) is 0 Å². The second-order valence-corrected chi connectivity index (χ2v) is 5.46. The third-order valence-corrected chi connectivity index (χ3v) is 3.44. The Morgan fingerprint density at radius 3 is 2.71 bits per heavy atom. The molecule has 0 amide bonds. The van der Waals surface area contributed by atoms with Gasteiger partial charge in [-0.05, 0) is 37.6 Å². The van der Waals surface area contributed by atoms with Crippen LogP contribution in [0.1, 0.15) is 12.5 Å². The van der Waals surface area contributed by atoms with Crippen LogP contribution in [0.4, 0.5) is 0 Å². The molecule has 0 saturated heterocycles. The van der Waals surface area contributed by atoms with Crippen LogP contribution in [0.2, 0.25) is 10.0 Å². The number of benzene rings is 1. The lowest BCUT2D eigenvalue weighted by Gasteiger charge is -2.12. The lowest BCUT2D eigenvalue weighted by atomic mass is 10.1. The predicted molar refractivity (Wildman–Crippen MR) is 86.4 cm³/mol. The molecule has 0 aliphatic carbocycles. The van der Waals surface area contributed by atoms with Crippen molar-refractivity contribution in [1.82, 2.24) is 5.32 Å². The van der Waals surface area contributed by atoms with Gasteiger partial charge in [-0.2, -0.15) is 0 Å². The maximum atomic E-state index is 9.72. The van der Waals surface area contributed by atoms with Crippen LogP contribution in [0.15, 0.2) is 18.2 Å². The van der Waals surface area contributed by atoms with E-state index >= 15 is 0 Å². The summed E-state index contributed by atoms with van der Waals surface area (Å²) in [6.07, 6.45) is 0.265. The fourth-order valence-corrected chi connectivity index (χ4v) is 2.26. The molecule has 21 heavy (non-hydrogen) atoms. The molecule has 6 heteroatoms. The van der Waals surface area contributed by atoms with Crippen LogP contribution >= 0.6 is 23.2 Å². The van der Waals surface area contributed by atoms with Crippen LogP contribution in [0.3, 0.4) is 0 Å². The van der Waals surface area contributed by atoms with E-state index in [0.29, 0.717) is 43.0 Å². The van der Waals surface area contributed by atoms with E-state index in [9.17, 15) is 5.11 Å². The van der Waals surface area contributed by atoms with Crippen LogP contribution in [0.5, 0.6) is 0 Å². The molecule has 0 heterocycles. The first-order valence-corrected chi connectivity index (χ1v) is 7.87. The molecule has 0 spiro atoms. The summed E-state index contributed by atoms with van der Waals surface area (Å²) in [7, 11) is 0. The van der Waals surface area contributed by atoms with Gasteiger partial charge in [0, 0.05) is 23.2 Å². The third kappa shape index (κ3) is 8.61. The molecule has 1 aromatic carbocycles. The predicted octanol–water partition coefficient (Wildman–Crippen LogP) is 2.54. The molecular formula is C15H23Cl2NO3. The van der Waals surface area contributed by atoms with Gasteiger partial charge in [-0.1, -0.05) is 29.3 Å². The maximum Gasteiger partial charge on any atom is 0.0897 e. The summed E-state index contributed by atoms with van der Waals surface area (Å²) < 4.78 is 10.4. The lowest BCUT2D eigenvalue weighted by molar-refractivity contribution is 0.00660. The average molecular weight is 336 g/mol. The number of hydrogen-bond acceptors (Lipinski definition) is 4. The number of aliphatic hydroxyl groups excluding tert-OH is 1. The molecule has 1 rings (SSSR count). The normalized spacial score (nSPS) is 12.6. The van der Waals surface area contributed by atoms with Crippen molar-refractivity contribution >= 4 is 23.2 Å². The van der Waals surface area contributed by atoms with Crippen molar-refractivity contribution in [2.24, 2.45) is 0 Å². The van der Waals surface area contributed by atoms with E-state index in [1.54, 1.807) is 6.07 Å². The van der Waals surface area contributed by atoms with E-state index in [4.69, 9.17) is 32.7 Å². The van der Waals surface area contributed by atoms with E-state index in [2.05, 4.69) is 5.32 Å². The largest absolute Gasteiger partial charge is 0.389 e. The zero-order valence-electron chi connectivity index (χ0n) is 12.3. The summed E-state index contributed by atoms with van der Waals surface area (Å²) >= 11 is 11.9. The molecule has 0 fully saturated rings. The van der Waals surface area contributed by atoms with Crippen LogP contribution in [0, 0.1) is 0 Å². The minimum Gasteiger partial charge on any atom is -0.389 e. The first kappa shape index (κ1) is 18.7. The molecule has 2 N–H and O–H groups in total. The van der Waals surface area contributed by atoms with E-state index in [0.717, 1.165) is 18.5 Å². The topological polar surface area (TPSA) is 50.7 Å². The molecule has 4 nitrogen and oxygen atoms in total. The standard InChI is InChI=1S/C15H23Cl2NO3/c1-2-20-7-8-21-11-14(19)10-18-6-5-12-3-4-13(16)9-15(12)17/h3-4,9,14,18-19H,2,5-8,10-11H2,1H3. The molecule has 1 unspecified atom stereocenters. The Morgan fingerprint density at radius 1 is 1.24 bits per heavy atom. The van der Waals surface area contributed by atoms with E-state index in [1.807, 2.05) is 19.1 Å². The molecule has 0 aromatic heterocycles. The Hall–Kier alpha value is -0.360. The van der Waals surface area contributed by atoms with Crippen molar-refractivity contribution < 1.29 is 14.6 Å². The van der Waals surface area contributed by atoms with Crippen molar-refractivity contribution in [2.75, 3.05) is 39.5 Å². The molecule has 120 valence electrons. The highest BCUT2D eigenvalue weighted by Gasteiger charge is 2.05. The van der Waals surface area contributed by atoms with Crippen LogP contribution in [-0.4, -0.2) is 50.7 Å². The number of hydrogen-bond donors (Lipinski definition) is 2. The van der Waals surface area contributed by atoms with E-state index in [1.165, 1.54) is 0 Å². The van der Waals surface area contributed by atoms with Gasteiger partial charge in [0.15, 0.2) is 0 Å². The highest BCUT2D eigenvalue weighted by Crippen LogP contribution is 2.20. The first-order valence-electron chi connectivity index (χ1n) is 7.11. The monoisotopic (exact) mass is 335 g/mol. The van der Waals surface area contributed by atoms with Crippen molar-refractivity contribution in [3.05, 3.63) is 33.8 Å². The minimum absolute atomic E-state index is 0.307. The van der Waals surface area contributed by atoms with Crippen molar-refractivity contribution in [3.8, 4) is 0 Å². The quantitative estimate of drug-likeness (QED) is 0.610. The number of ether oxygens (including phenoxy) is 2. The van der Waals surface area contributed by atoms with Crippen molar-refractivity contribution in [2.45, 2.75) is 19.4 Å². The molecule has 0 radical (unpaired) electrons. The van der Waals surface area contributed by atoms with Gasteiger partial charge in [0.05, 0.1) is 25.9 Å². The van der Waals surface area contributed by atoms with Crippen LogP contribution in [-0.2, 0) is 15.9 Å². The number of nitrogens with one attached hydrogen (secondary N) is 1. The fourth-order valence-electron chi connectivity index (χ4n) is 1.76. The average Bonchev–Trinajstić information content (AvgIpc) is 2.45. The van der Waals surface area contributed by atoms with Gasteiger partial charge in [0.25, 0.3) is 0 Å². The summed E-state index contributed by atoms with van der Waals surface area (Å²) in [6.45, 7) is 5.21. The van der Waals surface area contributed by atoms with E-state index < -0.39 is 6.10 Å². The van der Waals surface area contributed by atoms with Gasteiger partial charge >= 0.3 is 0 Å². The molecule has 0 bridgehead atoms. The van der Waals surface area contributed by atoms with Crippen LogP contribution in [0.25, 0.3) is 0 Å². The Morgan fingerprint density at radius 2 is 2.00 bits per heavy atom. The Balaban J connectivity index is 2.07. The number of aliphatic hydroxyl groups is 1. The number of halogens is 2. The number of rotatable bonds is 11. The summed E-state index contributed by atoms with van der Waals surface area (Å²) in [6, 6.07) is 5.48. The second-order valence-electron chi connectivity index (χ2n) is 4.62. The van der Waals surface area contributed by atoms with Gasteiger partial charge in [-0.25, -0.2) is 0 Å². The summed E-state index contributed by atoms with van der Waals surface area (Å²) in [5, 5.41) is 14.2. The zero-order valence-corrected chi connectivity index (χ0v) is 13.8. The smallest absolute Gasteiger partial charge is 0.0897 e. The Labute approximate surface area is 136 Å². The highest BCUT2D eigenvalue weighted by atomic mass is 35.5. The molecule has 0 saturated carbocycles. The summed E-state index contributed by atoms with van der Waals surface area (Å²) in [4.78, 5) is 0. The highest BCUT2D eigenvalue weighted by molar-refractivity contribution is 6.35. The first-order chi connectivity index (χ1) is 10.1. The molecule has 0 aliphatic rings. The van der Waals surface area contributed by atoms with Crippen LogP contribution < -0.4 is 5.32 Å². The van der Waals surface area contributed by atoms with Gasteiger partial charge in [-0.15, -0.1) is 0 Å². The SMILES string of the molecule is CCOCCOCC(O)CNCCc1ccc(Cl)cc1Cl. The van der Waals surface area contributed by atoms with E-state index in [-0.39, 0.29) is 0 Å². The van der Waals surface area contributed by atoms with Gasteiger partial charge in [0.2, 0.25) is 0 Å². The summed E-state index contributed by atoms with van der Waals surface area (Å²) in [5.74, 6) is 0. The van der Waals surface area contributed by atoms with Crippen molar-refractivity contribution in [3.63, 3.8) is 0 Å². The van der Waals surface area contributed by atoms with Crippen molar-refractivity contribution in [1.29, 1.82) is 0 Å². The Bertz CT molecular complexity index is 405. The summed E-state index contributed by atoms with van der Waals surface area (Å²) in [5.41, 5.74) is 1.04. The lowest BCUT2D eigenvalue weighted by Crippen LogP contribution is -2.32. The molecular weight excluding hydrogens is 313 g/mol. The fraction of sp³-hybridized carbons (Fsp3) is 0.600. The van der Waals surface area contributed by atoms with Gasteiger partial charge < -0.3 is 19.9 Å². The third-order valence-electron chi connectivity index (χ3n) is 2.85. The molecule has 1 aromatic rings. The maximum absolute atomic E-state index is 9.72. The second kappa shape index (κ2) is 11.2. The molecule has 1 atom stereocenters. The Kier molecular flexibility index (Phi) is 10.0.